The summed E-state index contributed by atoms with van der Waals surface area (Å²) in [5, 5.41) is 13.2. The number of ether oxygens (including phenoxy) is 2. The van der Waals surface area contributed by atoms with Crippen molar-refractivity contribution >= 4 is 11.6 Å². The van der Waals surface area contributed by atoms with Crippen molar-refractivity contribution in [3.63, 3.8) is 0 Å². The molecule has 5 rings (SSSR count). The highest BCUT2D eigenvalue weighted by Crippen LogP contribution is 2.32. The Bertz CT molecular complexity index is 1160. The van der Waals surface area contributed by atoms with E-state index in [0.29, 0.717) is 35.6 Å². The van der Waals surface area contributed by atoms with E-state index in [1.807, 2.05) is 41.1 Å². The lowest BCUT2D eigenvalue weighted by Crippen LogP contribution is -2.22. The van der Waals surface area contributed by atoms with Crippen molar-refractivity contribution < 1.29 is 14.0 Å². The summed E-state index contributed by atoms with van der Waals surface area (Å²) in [5.74, 6) is 1.56. The molecule has 3 heterocycles. The minimum absolute atomic E-state index is 0.139. The van der Waals surface area contributed by atoms with E-state index in [2.05, 4.69) is 20.5 Å². The molecular weight excluding hydrogens is 394 g/mol. The molecule has 0 spiro atoms. The van der Waals surface area contributed by atoms with Gasteiger partial charge >= 0.3 is 0 Å². The Morgan fingerprint density at radius 1 is 1.17 bits per heavy atom. The average molecular weight is 410 g/mol. The lowest BCUT2D eigenvalue weighted by molar-refractivity contribution is -0.00127. The smallest absolute Gasteiger partial charge is 0.280 e. The Labute approximate surface area is 171 Å². The van der Waals surface area contributed by atoms with Crippen LogP contribution in [0, 0.1) is 0 Å². The van der Waals surface area contributed by atoms with E-state index in [1.165, 1.54) is 0 Å². The summed E-state index contributed by atoms with van der Waals surface area (Å²) >= 11 is 5.93. The third-order valence-corrected chi connectivity index (χ3v) is 5.05. The fraction of sp³-hybridized carbons (Fsp3) is 0.200. The van der Waals surface area contributed by atoms with Gasteiger partial charge in [0, 0.05) is 10.6 Å². The Hall–Kier alpha value is -3.23. The monoisotopic (exact) mass is 409 g/mol. The predicted molar refractivity (Wildman–Crippen MR) is 104 cm³/mol. The number of fused-ring (bicyclic) bond motifs is 1. The topological polar surface area (TPSA) is 88.1 Å². The summed E-state index contributed by atoms with van der Waals surface area (Å²) < 4.78 is 18.6. The van der Waals surface area contributed by atoms with E-state index in [-0.39, 0.29) is 6.10 Å². The zero-order valence-electron chi connectivity index (χ0n) is 15.4. The average Bonchev–Trinajstić information content (AvgIpc) is 3.41. The molecule has 146 valence electrons. The summed E-state index contributed by atoms with van der Waals surface area (Å²) in [6.45, 7) is 0.872. The van der Waals surface area contributed by atoms with Crippen molar-refractivity contribution in [1.82, 2.24) is 25.1 Å². The maximum atomic E-state index is 6.05. The molecule has 1 aliphatic rings. The van der Waals surface area contributed by atoms with Gasteiger partial charge in [0.05, 0.1) is 26.0 Å². The van der Waals surface area contributed by atoms with E-state index in [4.69, 9.17) is 25.6 Å². The second-order valence-electron chi connectivity index (χ2n) is 6.57. The first-order valence-electron chi connectivity index (χ1n) is 8.99. The number of aromatic nitrogens is 5. The molecule has 9 heteroatoms. The van der Waals surface area contributed by atoms with E-state index in [0.717, 1.165) is 22.6 Å². The highest BCUT2D eigenvalue weighted by molar-refractivity contribution is 6.30. The van der Waals surface area contributed by atoms with E-state index < -0.39 is 0 Å². The maximum Gasteiger partial charge on any atom is 0.280 e. The number of benzene rings is 2. The van der Waals surface area contributed by atoms with Gasteiger partial charge in [-0.15, -0.1) is 5.10 Å². The SMILES string of the molecule is COc1cccc(C2Cn3nnc(-c4nc(-c5ccc(Cl)cc5)no4)c3CO2)c1. The lowest BCUT2D eigenvalue weighted by atomic mass is 10.1. The Morgan fingerprint density at radius 2 is 2.03 bits per heavy atom. The standard InChI is InChI=1S/C20H16ClN5O3/c1-27-15-4-2-3-13(9-15)17-10-26-16(11-28-17)18(23-25-26)20-22-19(24-29-20)12-5-7-14(21)8-6-12/h2-9,17H,10-11H2,1H3. The van der Waals surface area contributed by atoms with Crippen LogP contribution < -0.4 is 4.74 Å². The van der Waals surface area contributed by atoms with Crippen LogP contribution in [0.5, 0.6) is 5.75 Å². The van der Waals surface area contributed by atoms with Gasteiger partial charge in [-0.2, -0.15) is 4.98 Å². The number of hydrogen-bond donors (Lipinski definition) is 0. The van der Waals surface area contributed by atoms with Crippen LogP contribution in [0.15, 0.2) is 53.1 Å². The Balaban J connectivity index is 1.40. The lowest BCUT2D eigenvalue weighted by Gasteiger charge is -2.24. The molecule has 0 amide bonds. The zero-order chi connectivity index (χ0) is 19.8. The van der Waals surface area contributed by atoms with E-state index in [1.54, 1.807) is 19.2 Å². The summed E-state index contributed by atoms with van der Waals surface area (Å²) in [6.07, 6.45) is -0.139. The van der Waals surface area contributed by atoms with Crippen molar-refractivity contribution in [2.45, 2.75) is 19.3 Å². The summed E-state index contributed by atoms with van der Waals surface area (Å²) in [5.41, 5.74) is 3.16. The number of nitrogens with zero attached hydrogens (tertiary/aromatic N) is 5. The summed E-state index contributed by atoms with van der Waals surface area (Å²) in [6, 6.07) is 15.0. The third-order valence-electron chi connectivity index (χ3n) is 4.79. The van der Waals surface area contributed by atoms with Gasteiger partial charge in [-0.05, 0) is 42.0 Å². The predicted octanol–water partition coefficient (Wildman–Crippen LogP) is 3.93. The molecular formula is C20H16ClN5O3. The van der Waals surface area contributed by atoms with Crippen LogP contribution in [-0.2, 0) is 17.9 Å². The first-order chi connectivity index (χ1) is 14.2. The molecule has 29 heavy (non-hydrogen) atoms. The molecule has 1 unspecified atom stereocenters. The molecule has 0 saturated heterocycles. The van der Waals surface area contributed by atoms with E-state index >= 15 is 0 Å². The fourth-order valence-corrected chi connectivity index (χ4v) is 3.38. The van der Waals surface area contributed by atoms with Gasteiger partial charge in [-0.3, -0.25) is 0 Å². The number of halogens is 1. The van der Waals surface area contributed by atoms with Gasteiger partial charge in [-0.25, -0.2) is 4.68 Å². The molecule has 1 aliphatic heterocycles. The van der Waals surface area contributed by atoms with Gasteiger partial charge in [0.2, 0.25) is 5.82 Å². The molecule has 4 aromatic rings. The van der Waals surface area contributed by atoms with Gasteiger partial charge in [0.1, 0.15) is 11.9 Å². The van der Waals surface area contributed by atoms with Gasteiger partial charge in [0.25, 0.3) is 5.89 Å². The van der Waals surface area contributed by atoms with Crippen molar-refractivity contribution in [3.05, 3.63) is 64.8 Å². The molecule has 8 nitrogen and oxygen atoms in total. The molecule has 0 aliphatic carbocycles. The van der Waals surface area contributed by atoms with Crippen LogP contribution in [0.2, 0.25) is 5.02 Å². The fourth-order valence-electron chi connectivity index (χ4n) is 3.26. The van der Waals surface area contributed by atoms with Crippen LogP contribution in [0.25, 0.3) is 23.0 Å². The van der Waals surface area contributed by atoms with Gasteiger partial charge in [0.15, 0.2) is 5.69 Å². The molecule has 2 aromatic heterocycles. The molecule has 1 atom stereocenters. The van der Waals surface area contributed by atoms with Crippen molar-refractivity contribution in [2.24, 2.45) is 0 Å². The molecule has 0 radical (unpaired) electrons. The zero-order valence-corrected chi connectivity index (χ0v) is 16.2. The largest absolute Gasteiger partial charge is 0.497 e. The summed E-state index contributed by atoms with van der Waals surface area (Å²) in [4.78, 5) is 4.45. The third kappa shape index (κ3) is 3.37. The normalized spacial score (nSPS) is 15.9. The molecule has 0 N–H and O–H groups in total. The highest BCUT2D eigenvalue weighted by atomic mass is 35.5. The minimum Gasteiger partial charge on any atom is -0.497 e. The van der Waals surface area contributed by atoms with Crippen LogP contribution >= 0.6 is 11.6 Å². The Morgan fingerprint density at radius 3 is 2.86 bits per heavy atom. The molecule has 2 aromatic carbocycles. The quantitative estimate of drug-likeness (QED) is 0.504. The minimum atomic E-state index is -0.139. The highest BCUT2D eigenvalue weighted by Gasteiger charge is 2.28. The first kappa shape index (κ1) is 17.8. The number of methoxy groups -OCH3 is 1. The van der Waals surface area contributed by atoms with Crippen molar-refractivity contribution in [3.8, 4) is 28.7 Å². The van der Waals surface area contributed by atoms with E-state index in [9.17, 15) is 0 Å². The number of hydrogen-bond acceptors (Lipinski definition) is 7. The molecule has 0 bridgehead atoms. The number of rotatable bonds is 4. The second kappa shape index (κ2) is 7.31. The van der Waals surface area contributed by atoms with Crippen molar-refractivity contribution in [2.75, 3.05) is 7.11 Å². The van der Waals surface area contributed by atoms with Gasteiger partial charge < -0.3 is 14.0 Å². The maximum absolute atomic E-state index is 6.05. The Kier molecular flexibility index (Phi) is 4.49. The molecule has 0 fully saturated rings. The summed E-state index contributed by atoms with van der Waals surface area (Å²) in [7, 11) is 1.64. The van der Waals surface area contributed by atoms with Crippen molar-refractivity contribution in [1.29, 1.82) is 0 Å². The van der Waals surface area contributed by atoms with Crippen LogP contribution in [0.4, 0.5) is 0 Å². The van der Waals surface area contributed by atoms with Gasteiger partial charge in [-0.1, -0.05) is 34.1 Å². The van der Waals surface area contributed by atoms with Crippen LogP contribution in [-0.4, -0.2) is 32.2 Å². The molecule has 0 saturated carbocycles. The van der Waals surface area contributed by atoms with Crippen LogP contribution in [0.3, 0.4) is 0 Å². The van der Waals surface area contributed by atoms with Crippen LogP contribution in [0.1, 0.15) is 17.4 Å². The first-order valence-corrected chi connectivity index (χ1v) is 9.37. The second-order valence-corrected chi connectivity index (χ2v) is 7.01.